The van der Waals surface area contributed by atoms with Gasteiger partial charge in [0.1, 0.15) is 11.6 Å². The van der Waals surface area contributed by atoms with Gasteiger partial charge in [-0.05, 0) is 68.0 Å². The van der Waals surface area contributed by atoms with Gasteiger partial charge in [-0.25, -0.2) is 4.39 Å². The van der Waals surface area contributed by atoms with E-state index in [1.165, 1.54) is 31.7 Å². The summed E-state index contributed by atoms with van der Waals surface area (Å²) in [5.41, 5.74) is 2.00. The van der Waals surface area contributed by atoms with E-state index in [2.05, 4.69) is 30.6 Å². The lowest BCUT2D eigenvalue weighted by atomic mass is 9.80. The van der Waals surface area contributed by atoms with Gasteiger partial charge >= 0.3 is 5.97 Å². The number of rotatable bonds is 6. The van der Waals surface area contributed by atoms with Crippen LogP contribution in [0.5, 0.6) is 5.75 Å². The van der Waals surface area contributed by atoms with Crippen LogP contribution in [0.3, 0.4) is 0 Å². The van der Waals surface area contributed by atoms with E-state index < -0.39 is 5.82 Å². The molecule has 0 amide bonds. The molecule has 0 spiro atoms. The molecule has 0 unspecified atom stereocenters. The summed E-state index contributed by atoms with van der Waals surface area (Å²) in [6.45, 7) is 4.23. The molecule has 172 valence electrons. The van der Waals surface area contributed by atoms with Gasteiger partial charge in [0.25, 0.3) is 0 Å². The maximum Gasteiger partial charge on any atom is 0.314 e. The predicted molar refractivity (Wildman–Crippen MR) is 131 cm³/mol. The highest BCUT2D eigenvalue weighted by Crippen LogP contribution is 2.33. The molecule has 0 saturated heterocycles. The maximum absolute atomic E-state index is 14.5. The summed E-state index contributed by atoms with van der Waals surface area (Å²) in [6, 6.07) is 12.0. The average molecular weight is 445 g/mol. The summed E-state index contributed by atoms with van der Waals surface area (Å²) in [5.74, 6) is 12.1. The van der Waals surface area contributed by atoms with E-state index >= 15 is 0 Å². The number of hydrogen-bond donors (Lipinski definition) is 0. The molecule has 1 saturated carbocycles. The van der Waals surface area contributed by atoms with E-state index in [-0.39, 0.29) is 23.2 Å². The molecule has 2 aromatic carbocycles. The van der Waals surface area contributed by atoms with Crippen LogP contribution in [0.4, 0.5) is 4.39 Å². The Kier molecular flexibility index (Phi) is 9.59. The van der Waals surface area contributed by atoms with Crippen molar-refractivity contribution in [2.75, 3.05) is 0 Å². The SMILES string of the molecule is CCC#Cc1ccc(C#Cc2ccc(OC(=O)C3CCC(CCCCC)CC3)cc2F)cc1. The molecule has 2 nitrogen and oxygen atoms in total. The topological polar surface area (TPSA) is 26.3 Å². The molecular formula is C30H33FO2. The van der Waals surface area contributed by atoms with Crippen molar-refractivity contribution in [2.24, 2.45) is 11.8 Å². The first-order chi connectivity index (χ1) is 16.1. The number of halogens is 1. The van der Waals surface area contributed by atoms with Crippen molar-refractivity contribution in [1.29, 1.82) is 0 Å². The minimum absolute atomic E-state index is 0.0834. The van der Waals surface area contributed by atoms with E-state index in [0.29, 0.717) is 0 Å². The third-order valence-electron chi connectivity index (χ3n) is 6.19. The fourth-order valence-electron chi connectivity index (χ4n) is 4.20. The van der Waals surface area contributed by atoms with Crippen molar-refractivity contribution >= 4 is 5.97 Å². The van der Waals surface area contributed by atoms with Crippen LogP contribution in [0.15, 0.2) is 42.5 Å². The predicted octanol–water partition coefficient (Wildman–Crippen LogP) is 7.28. The van der Waals surface area contributed by atoms with Gasteiger partial charge in [0.15, 0.2) is 0 Å². The molecule has 1 fully saturated rings. The van der Waals surface area contributed by atoms with Crippen molar-refractivity contribution in [2.45, 2.75) is 71.6 Å². The molecule has 2 aromatic rings. The molecular weight excluding hydrogens is 411 g/mol. The first kappa shape index (κ1) is 24.6. The zero-order valence-electron chi connectivity index (χ0n) is 19.8. The molecule has 0 radical (unpaired) electrons. The van der Waals surface area contributed by atoms with Gasteiger partial charge in [-0.15, -0.1) is 0 Å². The Balaban J connectivity index is 1.54. The molecule has 0 aliphatic heterocycles. The Morgan fingerprint density at radius 2 is 1.64 bits per heavy atom. The minimum atomic E-state index is -0.488. The smallest absolute Gasteiger partial charge is 0.314 e. The zero-order valence-corrected chi connectivity index (χ0v) is 19.8. The summed E-state index contributed by atoms with van der Waals surface area (Å²) in [5, 5.41) is 0. The van der Waals surface area contributed by atoms with Crippen LogP contribution in [-0.2, 0) is 4.79 Å². The first-order valence-electron chi connectivity index (χ1n) is 12.2. The summed E-state index contributed by atoms with van der Waals surface area (Å²) in [4.78, 5) is 12.6. The van der Waals surface area contributed by atoms with Crippen molar-refractivity contribution in [3.8, 4) is 29.4 Å². The van der Waals surface area contributed by atoms with E-state index in [1.54, 1.807) is 12.1 Å². The van der Waals surface area contributed by atoms with Crippen molar-refractivity contribution in [3.63, 3.8) is 0 Å². The van der Waals surface area contributed by atoms with Crippen LogP contribution in [0.2, 0.25) is 0 Å². The van der Waals surface area contributed by atoms with Crippen molar-refractivity contribution in [3.05, 3.63) is 65.0 Å². The van der Waals surface area contributed by atoms with Crippen LogP contribution in [0, 0.1) is 41.3 Å². The van der Waals surface area contributed by atoms with Crippen LogP contribution < -0.4 is 4.74 Å². The summed E-state index contributed by atoms with van der Waals surface area (Å²) in [7, 11) is 0. The van der Waals surface area contributed by atoms with E-state index in [0.717, 1.165) is 49.1 Å². The van der Waals surface area contributed by atoms with Crippen LogP contribution in [0.1, 0.15) is 88.3 Å². The highest BCUT2D eigenvalue weighted by Gasteiger charge is 2.27. The molecule has 0 bridgehead atoms. The number of esters is 1. The fraction of sp³-hybridized carbons (Fsp3) is 0.433. The molecule has 0 aromatic heterocycles. The molecule has 0 heterocycles. The highest BCUT2D eigenvalue weighted by atomic mass is 19.1. The fourth-order valence-corrected chi connectivity index (χ4v) is 4.20. The zero-order chi connectivity index (χ0) is 23.5. The molecule has 3 rings (SSSR count). The van der Waals surface area contributed by atoms with Gasteiger partial charge < -0.3 is 4.74 Å². The van der Waals surface area contributed by atoms with Crippen LogP contribution in [0.25, 0.3) is 0 Å². The molecule has 33 heavy (non-hydrogen) atoms. The summed E-state index contributed by atoms with van der Waals surface area (Å²) < 4.78 is 20.0. The average Bonchev–Trinajstić information content (AvgIpc) is 2.83. The lowest BCUT2D eigenvalue weighted by Gasteiger charge is -2.27. The Bertz CT molecular complexity index is 1040. The van der Waals surface area contributed by atoms with Gasteiger partial charge in [0, 0.05) is 23.6 Å². The third kappa shape index (κ3) is 7.80. The van der Waals surface area contributed by atoms with Gasteiger partial charge in [-0.1, -0.05) is 63.2 Å². The van der Waals surface area contributed by atoms with E-state index in [9.17, 15) is 9.18 Å². The second-order valence-corrected chi connectivity index (χ2v) is 8.76. The molecule has 3 heteroatoms. The first-order valence-corrected chi connectivity index (χ1v) is 12.2. The van der Waals surface area contributed by atoms with Crippen LogP contribution in [-0.4, -0.2) is 5.97 Å². The second-order valence-electron chi connectivity index (χ2n) is 8.76. The van der Waals surface area contributed by atoms with Crippen molar-refractivity contribution in [1.82, 2.24) is 0 Å². The molecule has 1 aliphatic rings. The second kappa shape index (κ2) is 12.9. The highest BCUT2D eigenvalue weighted by molar-refractivity contribution is 5.75. The Morgan fingerprint density at radius 3 is 2.27 bits per heavy atom. The van der Waals surface area contributed by atoms with E-state index in [1.807, 2.05) is 31.2 Å². The monoisotopic (exact) mass is 444 g/mol. The van der Waals surface area contributed by atoms with E-state index in [4.69, 9.17) is 4.74 Å². The number of carbonyl (C=O) groups is 1. The Labute approximate surface area is 197 Å². The number of hydrogen-bond acceptors (Lipinski definition) is 2. The number of carbonyl (C=O) groups excluding carboxylic acids is 1. The van der Waals surface area contributed by atoms with Gasteiger partial charge in [0.2, 0.25) is 0 Å². The number of unbranched alkanes of at least 4 members (excludes halogenated alkanes) is 2. The molecule has 0 atom stereocenters. The van der Waals surface area contributed by atoms with Gasteiger partial charge in [0.05, 0.1) is 11.5 Å². The quantitative estimate of drug-likeness (QED) is 0.203. The number of ether oxygens (including phenoxy) is 1. The maximum atomic E-state index is 14.5. The third-order valence-corrected chi connectivity index (χ3v) is 6.19. The number of benzene rings is 2. The standard InChI is InChI=1S/C30H33FO2/c1-3-5-7-9-24-15-18-27(19-16-24)30(32)33-28-21-20-26(29(31)22-28)17-14-25-12-10-23(11-13-25)8-6-4-2/h10-13,20-22,24,27H,3-5,7,9,15-16,18-19H2,1-2H3. The summed E-state index contributed by atoms with van der Waals surface area (Å²) in [6.07, 6.45) is 9.78. The summed E-state index contributed by atoms with van der Waals surface area (Å²) >= 11 is 0. The van der Waals surface area contributed by atoms with Gasteiger partial charge in [-0.3, -0.25) is 4.79 Å². The van der Waals surface area contributed by atoms with Crippen molar-refractivity contribution < 1.29 is 13.9 Å². The van der Waals surface area contributed by atoms with Gasteiger partial charge in [-0.2, -0.15) is 0 Å². The Hall–Kier alpha value is -3.04. The van der Waals surface area contributed by atoms with Crippen LogP contribution >= 0.6 is 0 Å². The lowest BCUT2D eigenvalue weighted by molar-refractivity contribution is -0.140. The molecule has 0 N–H and O–H groups in total. The lowest BCUT2D eigenvalue weighted by Crippen LogP contribution is -2.25. The largest absolute Gasteiger partial charge is 0.426 e. The Morgan fingerprint density at radius 1 is 0.939 bits per heavy atom. The minimum Gasteiger partial charge on any atom is -0.426 e. The molecule has 1 aliphatic carbocycles. The normalized spacial score (nSPS) is 17.3.